The molecular weight excluding hydrogens is 240 g/mol. The first-order valence-corrected chi connectivity index (χ1v) is 6.50. The van der Waals surface area contributed by atoms with Gasteiger partial charge in [-0.15, -0.1) is 11.3 Å². The molecule has 2 nitrogen and oxygen atoms in total. The Morgan fingerprint density at radius 3 is 2.56 bits per heavy atom. The highest BCUT2D eigenvalue weighted by Gasteiger charge is 2.04. The second kappa shape index (κ2) is 4.59. The van der Waals surface area contributed by atoms with Crippen LogP contribution < -0.4 is 0 Å². The molecule has 0 fully saturated rings. The maximum Gasteiger partial charge on any atom is 0.0991 e. The number of rotatable bonds is 2. The van der Waals surface area contributed by atoms with Crippen LogP contribution in [-0.4, -0.2) is 4.98 Å². The van der Waals surface area contributed by atoms with Crippen molar-refractivity contribution in [2.24, 2.45) is 0 Å². The Morgan fingerprint density at radius 1 is 1.06 bits per heavy atom. The van der Waals surface area contributed by atoms with Crippen molar-refractivity contribution in [3.63, 3.8) is 0 Å². The standard InChI is InChI=1S/C15H10N2S/c16-10-12-7-5-11(6-8-12)9-15-17-13-3-1-2-4-14(13)18-15/h1-8H,9H2. The first-order chi connectivity index (χ1) is 8.85. The van der Waals surface area contributed by atoms with Gasteiger partial charge in [0, 0.05) is 6.42 Å². The predicted molar refractivity (Wildman–Crippen MR) is 73.6 cm³/mol. The smallest absolute Gasteiger partial charge is 0.0991 e. The second-order valence-corrected chi connectivity index (χ2v) is 5.18. The summed E-state index contributed by atoms with van der Waals surface area (Å²) in [7, 11) is 0. The lowest BCUT2D eigenvalue weighted by Gasteiger charge is -1.97. The molecule has 3 aromatic rings. The molecule has 86 valence electrons. The third kappa shape index (κ3) is 2.11. The van der Waals surface area contributed by atoms with E-state index in [1.807, 2.05) is 42.5 Å². The molecule has 1 aromatic heterocycles. The van der Waals surface area contributed by atoms with Crippen molar-refractivity contribution in [3.05, 3.63) is 64.7 Å². The van der Waals surface area contributed by atoms with Gasteiger partial charge in [-0.2, -0.15) is 5.26 Å². The third-order valence-corrected chi connectivity index (χ3v) is 3.81. The van der Waals surface area contributed by atoms with Crippen LogP contribution in [0, 0.1) is 11.3 Å². The average Bonchev–Trinajstić information content (AvgIpc) is 2.82. The summed E-state index contributed by atoms with van der Waals surface area (Å²) < 4.78 is 1.22. The summed E-state index contributed by atoms with van der Waals surface area (Å²) in [6.07, 6.45) is 0.824. The minimum absolute atomic E-state index is 0.697. The van der Waals surface area contributed by atoms with Crippen LogP contribution in [0.1, 0.15) is 16.1 Å². The van der Waals surface area contributed by atoms with Crippen molar-refractivity contribution in [2.45, 2.75) is 6.42 Å². The van der Waals surface area contributed by atoms with Gasteiger partial charge < -0.3 is 0 Å². The summed E-state index contributed by atoms with van der Waals surface area (Å²) in [5, 5.41) is 9.87. The summed E-state index contributed by atoms with van der Waals surface area (Å²) in [6.45, 7) is 0. The fourth-order valence-corrected chi connectivity index (χ4v) is 2.87. The SMILES string of the molecule is N#Cc1ccc(Cc2nc3ccccc3s2)cc1. The quantitative estimate of drug-likeness (QED) is 0.694. The van der Waals surface area contributed by atoms with Crippen molar-refractivity contribution < 1.29 is 0 Å². The first kappa shape index (κ1) is 10.9. The van der Waals surface area contributed by atoms with Gasteiger partial charge in [-0.3, -0.25) is 0 Å². The molecule has 3 heteroatoms. The summed E-state index contributed by atoms with van der Waals surface area (Å²) in [4.78, 5) is 4.60. The maximum absolute atomic E-state index is 8.75. The molecule has 0 amide bonds. The fraction of sp³-hybridized carbons (Fsp3) is 0.0667. The van der Waals surface area contributed by atoms with Crippen LogP contribution in [0.4, 0.5) is 0 Å². The van der Waals surface area contributed by atoms with E-state index < -0.39 is 0 Å². The van der Waals surface area contributed by atoms with Crippen LogP contribution in [0.15, 0.2) is 48.5 Å². The number of nitriles is 1. The molecule has 0 aliphatic rings. The molecule has 18 heavy (non-hydrogen) atoms. The first-order valence-electron chi connectivity index (χ1n) is 5.68. The van der Waals surface area contributed by atoms with Gasteiger partial charge in [0.1, 0.15) is 0 Å². The lowest BCUT2D eigenvalue weighted by molar-refractivity contribution is 1.15. The Labute approximate surface area is 109 Å². The average molecular weight is 250 g/mol. The lowest BCUT2D eigenvalue weighted by Crippen LogP contribution is -1.86. The van der Waals surface area contributed by atoms with E-state index >= 15 is 0 Å². The number of aromatic nitrogens is 1. The number of thiazole rings is 1. The molecular formula is C15H10N2S. The van der Waals surface area contributed by atoms with Crippen LogP contribution in [0.2, 0.25) is 0 Å². The van der Waals surface area contributed by atoms with Gasteiger partial charge in [-0.1, -0.05) is 24.3 Å². The third-order valence-electron chi connectivity index (χ3n) is 2.78. The van der Waals surface area contributed by atoms with Crippen molar-refractivity contribution in [2.75, 3.05) is 0 Å². The van der Waals surface area contributed by atoms with E-state index in [0.717, 1.165) is 16.9 Å². The topological polar surface area (TPSA) is 36.7 Å². The highest BCUT2D eigenvalue weighted by atomic mass is 32.1. The van der Waals surface area contributed by atoms with Crippen molar-refractivity contribution in [1.82, 2.24) is 4.98 Å². The van der Waals surface area contributed by atoms with E-state index in [-0.39, 0.29) is 0 Å². The Kier molecular flexibility index (Phi) is 2.79. The van der Waals surface area contributed by atoms with E-state index in [0.29, 0.717) is 5.56 Å². The van der Waals surface area contributed by atoms with Crippen LogP contribution >= 0.6 is 11.3 Å². The number of hydrogen-bond donors (Lipinski definition) is 0. The molecule has 0 N–H and O–H groups in total. The zero-order valence-corrected chi connectivity index (χ0v) is 10.4. The molecule has 0 aliphatic heterocycles. The zero-order chi connectivity index (χ0) is 12.4. The Bertz CT molecular complexity index is 687. The lowest BCUT2D eigenvalue weighted by atomic mass is 10.1. The van der Waals surface area contributed by atoms with Gasteiger partial charge in [-0.05, 0) is 29.8 Å². The molecule has 0 atom stereocenters. The highest BCUT2D eigenvalue weighted by molar-refractivity contribution is 7.18. The molecule has 0 spiro atoms. The monoisotopic (exact) mass is 250 g/mol. The van der Waals surface area contributed by atoms with Gasteiger partial charge in [-0.25, -0.2) is 4.98 Å². The maximum atomic E-state index is 8.75. The zero-order valence-electron chi connectivity index (χ0n) is 9.63. The van der Waals surface area contributed by atoms with Crippen LogP contribution in [0.5, 0.6) is 0 Å². The van der Waals surface area contributed by atoms with E-state index in [9.17, 15) is 0 Å². The molecule has 0 saturated carbocycles. The predicted octanol–water partition coefficient (Wildman–Crippen LogP) is 3.76. The summed E-state index contributed by atoms with van der Waals surface area (Å²) in [6, 6.07) is 18.0. The van der Waals surface area contributed by atoms with Gasteiger partial charge in [0.15, 0.2) is 0 Å². The van der Waals surface area contributed by atoms with Crippen LogP contribution in [0.25, 0.3) is 10.2 Å². The van der Waals surface area contributed by atoms with E-state index in [1.165, 1.54) is 10.3 Å². The summed E-state index contributed by atoms with van der Waals surface area (Å²) in [5.74, 6) is 0. The van der Waals surface area contributed by atoms with E-state index in [4.69, 9.17) is 5.26 Å². The molecule has 3 rings (SSSR count). The van der Waals surface area contributed by atoms with Gasteiger partial charge in [0.2, 0.25) is 0 Å². The number of fused-ring (bicyclic) bond motifs is 1. The van der Waals surface area contributed by atoms with Gasteiger partial charge >= 0.3 is 0 Å². The largest absolute Gasteiger partial charge is 0.241 e. The fourth-order valence-electron chi connectivity index (χ4n) is 1.87. The molecule has 0 saturated heterocycles. The molecule has 1 heterocycles. The Balaban J connectivity index is 1.89. The molecule has 0 aliphatic carbocycles. The minimum Gasteiger partial charge on any atom is -0.241 e. The molecule has 0 unspecified atom stereocenters. The molecule has 0 bridgehead atoms. The Morgan fingerprint density at radius 2 is 1.83 bits per heavy atom. The van der Waals surface area contributed by atoms with E-state index in [1.54, 1.807) is 11.3 Å². The van der Waals surface area contributed by atoms with Gasteiger partial charge in [0.25, 0.3) is 0 Å². The molecule has 0 radical (unpaired) electrons. The number of nitrogens with zero attached hydrogens (tertiary/aromatic N) is 2. The van der Waals surface area contributed by atoms with Crippen LogP contribution in [-0.2, 0) is 6.42 Å². The highest BCUT2D eigenvalue weighted by Crippen LogP contribution is 2.23. The van der Waals surface area contributed by atoms with Crippen molar-refractivity contribution in [3.8, 4) is 6.07 Å². The second-order valence-electron chi connectivity index (χ2n) is 4.06. The summed E-state index contributed by atoms with van der Waals surface area (Å²) >= 11 is 1.73. The number of hydrogen-bond acceptors (Lipinski definition) is 3. The van der Waals surface area contributed by atoms with Crippen molar-refractivity contribution in [1.29, 1.82) is 5.26 Å². The minimum atomic E-state index is 0.697. The Hall–Kier alpha value is -2.18. The molecule has 2 aromatic carbocycles. The number of benzene rings is 2. The normalized spacial score (nSPS) is 10.4. The van der Waals surface area contributed by atoms with Gasteiger partial charge in [0.05, 0.1) is 26.9 Å². The van der Waals surface area contributed by atoms with Crippen LogP contribution in [0.3, 0.4) is 0 Å². The number of para-hydroxylation sites is 1. The van der Waals surface area contributed by atoms with Crippen molar-refractivity contribution >= 4 is 21.6 Å². The summed E-state index contributed by atoms with van der Waals surface area (Å²) in [5.41, 5.74) is 2.95. The van der Waals surface area contributed by atoms with E-state index in [2.05, 4.69) is 17.1 Å².